The SMILES string of the molecule is C1CC2(CCOCC2)C2(C1)CCN2. The van der Waals surface area contributed by atoms with Crippen LogP contribution in [-0.4, -0.2) is 25.3 Å². The van der Waals surface area contributed by atoms with Gasteiger partial charge in [0.15, 0.2) is 0 Å². The molecule has 0 amide bonds. The van der Waals surface area contributed by atoms with Gasteiger partial charge in [0.05, 0.1) is 0 Å². The molecule has 2 aliphatic heterocycles. The second-order valence-corrected chi connectivity index (χ2v) is 5.01. The van der Waals surface area contributed by atoms with E-state index >= 15 is 0 Å². The average molecular weight is 181 g/mol. The molecule has 0 bridgehead atoms. The summed E-state index contributed by atoms with van der Waals surface area (Å²) >= 11 is 0. The topological polar surface area (TPSA) is 21.3 Å². The number of fused-ring (bicyclic) bond motifs is 1. The van der Waals surface area contributed by atoms with Crippen LogP contribution in [0.3, 0.4) is 0 Å². The summed E-state index contributed by atoms with van der Waals surface area (Å²) in [5, 5.41) is 3.73. The quantitative estimate of drug-likeness (QED) is 0.614. The van der Waals surface area contributed by atoms with E-state index in [9.17, 15) is 0 Å². The van der Waals surface area contributed by atoms with Crippen LogP contribution in [0.15, 0.2) is 0 Å². The zero-order valence-electron chi connectivity index (χ0n) is 8.27. The highest BCUT2D eigenvalue weighted by Gasteiger charge is 2.57. The maximum Gasteiger partial charge on any atom is 0.0472 e. The van der Waals surface area contributed by atoms with Gasteiger partial charge in [-0.05, 0) is 44.1 Å². The van der Waals surface area contributed by atoms with E-state index in [0.29, 0.717) is 11.0 Å². The Morgan fingerprint density at radius 3 is 2.31 bits per heavy atom. The Balaban J connectivity index is 1.86. The first kappa shape index (κ1) is 8.25. The zero-order valence-corrected chi connectivity index (χ0v) is 8.27. The van der Waals surface area contributed by atoms with Crippen molar-refractivity contribution >= 4 is 0 Å². The van der Waals surface area contributed by atoms with Crippen LogP contribution in [0.5, 0.6) is 0 Å². The average Bonchev–Trinajstić information content (AvgIpc) is 2.45. The lowest BCUT2D eigenvalue weighted by Gasteiger charge is -2.54. The third-order valence-corrected chi connectivity index (χ3v) is 4.74. The van der Waals surface area contributed by atoms with Gasteiger partial charge in [0.25, 0.3) is 0 Å². The van der Waals surface area contributed by atoms with Crippen molar-refractivity contribution < 1.29 is 4.74 Å². The van der Waals surface area contributed by atoms with Crippen molar-refractivity contribution in [1.82, 2.24) is 5.32 Å². The van der Waals surface area contributed by atoms with E-state index in [0.717, 1.165) is 13.2 Å². The van der Waals surface area contributed by atoms with Crippen molar-refractivity contribution in [3.05, 3.63) is 0 Å². The fraction of sp³-hybridized carbons (Fsp3) is 1.00. The summed E-state index contributed by atoms with van der Waals surface area (Å²) in [4.78, 5) is 0. The standard InChI is InChI=1S/C11H19NO/c1-2-10(5-8-13-9-6-10)11(3-1)4-7-12-11/h12H,1-9H2. The Morgan fingerprint density at radius 1 is 0.923 bits per heavy atom. The van der Waals surface area contributed by atoms with Gasteiger partial charge in [0.1, 0.15) is 0 Å². The summed E-state index contributed by atoms with van der Waals surface area (Å²) in [5.41, 5.74) is 1.18. The summed E-state index contributed by atoms with van der Waals surface area (Å²) in [6, 6.07) is 0. The van der Waals surface area contributed by atoms with Crippen molar-refractivity contribution in [1.29, 1.82) is 0 Å². The number of rotatable bonds is 0. The van der Waals surface area contributed by atoms with Gasteiger partial charge in [-0.15, -0.1) is 0 Å². The summed E-state index contributed by atoms with van der Waals surface area (Å²) < 4.78 is 5.49. The highest BCUT2D eigenvalue weighted by Crippen LogP contribution is 2.56. The van der Waals surface area contributed by atoms with E-state index in [1.54, 1.807) is 0 Å². The molecule has 3 fully saturated rings. The molecule has 3 rings (SSSR count). The maximum absolute atomic E-state index is 5.49. The lowest BCUT2D eigenvalue weighted by Crippen LogP contribution is -2.65. The van der Waals surface area contributed by atoms with Crippen LogP contribution in [0, 0.1) is 5.41 Å². The molecule has 1 atom stereocenters. The zero-order chi connectivity index (χ0) is 8.78. The van der Waals surface area contributed by atoms with Crippen molar-refractivity contribution in [3.63, 3.8) is 0 Å². The lowest BCUT2D eigenvalue weighted by atomic mass is 9.62. The minimum atomic E-state index is 0.552. The van der Waals surface area contributed by atoms with Gasteiger partial charge in [-0.2, -0.15) is 0 Å². The van der Waals surface area contributed by atoms with Crippen LogP contribution < -0.4 is 5.32 Å². The molecule has 0 radical (unpaired) electrons. The minimum absolute atomic E-state index is 0.552. The summed E-state index contributed by atoms with van der Waals surface area (Å²) in [7, 11) is 0. The van der Waals surface area contributed by atoms with Gasteiger partial charge in [-0.1, -0.05) is 6.42 Å². The smallest absolute Gasteiger partial charge is 0.0472 e. The molecule has 13 heavy (non-hydrogen) atoms. The van der Waals surface area contributed by atoms with Crippen LogP contribution in [0.4, 0.5) is 0 Å². The molecule has 1 aliphatic carbocycles. The van der Waals surface area contributed by atoms with Gasteiger partial charge in [0, 0.05) is 18.8 Å². The molecular weight excluding hydrogens is 162 g/mol. The monoisotopic (exact) mass is 181 g/mol. The fourth-order valence-electron chi connectivity index (χ4n) is 3.82. The van der Waals surface area contributed by atoms with E-state index in [4.69, 9.17) is 4.74 Å². The van der Waals surface area contributed by atoms with Gasteiger partial charge < -0.3 is 10.1 Å². The molecule has 2 heterocycles. The second kappa shape index (κ2) is 2.71. The van der Waals surface area contributed by atoms with Crippen molar-refractivity contribution in [2.24, 2.45) is 5.41 Å². The molecule has 0 aromatic rings. The number of nitrogens with one attached hydrogen (secondary N) is 1. The van der Waals surface area contributed by atoms with E-state index < -0.39 is 0 Å². The molecule has 74 valence electrons. The van der Waals surface area contributed by atoms with E-state index in [1.807, 2.05) is 0 Å². The van der Waals surface area contributed by atoms with Crippen molar-refractivity contribution in [2.45, 2.75) is 44.1 Å². The fourth-order valence-corrected chi connectivity index (χ4v) is 3.82. The van der Waals surface area contributed by atoms with Gasteiger partial charge >= 0.3 is 0 Å². The first-order chi connectivity index (χ1) is 6.37. The normalized spacial score (nSPS) is 42.5. The first-order valence-electron chi connectivity index (χ1n) is 5.70. The third-order valence-electron chi connectivity index (χ3n) is 4.74. The van der Waals surface area contributed by atoms with Gasteiger partial charge in [-0.25, -0.2) is 0 Å². The van der Waals surface area contributed by atoms with Crippen LogP contribution in [0.25, 0.3) is 0 Å². The second-order valence-electron chi connectivity index (χ2n) is 5.01. The predicted octanol–water partition coefficient (Wildman–Crippen LogP) is 1.70. The van der Waals surface area contributed by atoms with E-state index in [2.05, 4.69) is 5.32 Å². The van der Waals surface area contributed by atoms with Crippen LogP contribution in [0.1, 0.15) is 38.5 Å². The van der Waals surface area contributed by atoms with E-state index in [-0.39, 0.29) is 0 Å². The summed E-state index contributed by atoms with van der Waals surface area (Å²) in [6.07, 6.45) is 8.34. The van der Waals surface area contributed by atoms with Crippen molar-refractivity contribution in [2.75, 3.05) is 19.8 Å². The molecule has 2 spiro atoms. The molecule has 1 unspecified atom stereocenters. The largest absolute Gasteiger partial charge is 0.381 e. The number of ether oxygens (including phenoxy) is 1. The van der Waals surface area contributed by atoms with Gasteiger partial charge in [-0.3, -0.25) is 0 Å². The molecular formula is C11H19NO. The highest BCUT2D eigenvalue weighted by molar-refractivity contribution is 5.14. The summed E-state index contributed by atoms with van der Waals surface area (Å²) in [6.45, 7) is 3.26. The Labute approximate surface area is 80.0 Å². The molecule has 2 heteroatoms. The molecule has 3 aliphatic rings. The molecule has 1 N–H and O–H groups in total. The van der Waals surface area contributed by atoms with E-state index in [1.165, 1.54) is 45.1 Å². The molecule has 2 saturated heterocycles. The lowest BCUT2D eigenvalue weighted by molar-refractivity contribution is -0.0506. The van der Waals surface area contributed by atoms with Crippen LogP contribution >= 0.6 is 0 Å². The first-order valence-corrected chi connectivity index (χ1v) is 5.70. The molecule has 0 aromatic heterocycles. The minimum Gasteiger partial charge on any atom is -0.381 e. The van der Waals surface area contributed by atoms with Crippen LogP contribution in [-0.2, 0) is 4.74 Å². The Bertz CT molecular complexity index is 204. The Kier molecular flexibility index (Phi) is 1.72. The molecule has 0 aromatic carbocycles. The van der Waals surface area contributed by atoms with Crippen LogP contribution in [0.2, 0.25) is 0 Å². The predicted molar refractivity (Wildman–Crippen MR) is 51.7 cm³/mol. The molecule has 2 nitrogen and oxygen atoms in total. The number of hydrogen-bond donors (Lipinski definition) is 1. The Hall–Kier alpha value is -0.0800. The van der Waals surface area contributed by atoms with Crippen molar-refractivity contribution in [3.8, 4) is 0 Å². The maximum atomic E-state index is 5.49. The van der Waals surface area contributed by atoms with Gasteiger partial charge in [0.2, 0.25) is 0 Å². The molecule has 1 saturated carbocycles. The highest BCUT2D eigenvalue weighted by atomic mass is 16.5. The Morgan fingerprint density at radius 2 is 1.69 bits per heavy atom. The third kappa shape index (κ3) is 0.962. The number of hydrogen-bond acceptors (Lipinski definition) is 2. The summed E-state index contributed by atoms with van der Waals surface area (Å²) in [5.74, 6) is 0.